The maximum Gasteiger partial charge on any atom is 0.338 e. The Morgan fingerprint density at radius 3 is 2.44 bits per heavy atom. The van der Waals surface area contributed by atoms with Crippen LogP contribution in [0, 0.1) is 0 Å². The Balaban J connectivity index is 1.38. The van der Waals surface area contributed by atoms with Crippen molar-refractivity contribution in [2.24, 2.45) is 0 Å². The summed E-state index contributed by atoms with van der Waals surface area (Å²) in [5.41, 5.74) is 0.863. The summed E-state index contributed by atoms with van der Waals surface area (Å²) in [7, 11) is -2.20. The molecule has 11 heteroatoms. The third-order valence-electron chi connectivity index (χ3n) is 4.83. The molecule has 0 spiro atoms. The molecule has 1 atom stereocenters. The number of benzene rings is 2. The van der Waals surface area contributed by atoms with Crippen LogP contribution in [0.1, 0.15) is 35.0 Å². The lowest BCUT2D eigenvalue weighted by atomic mass is 10.2. The van der Waals surface area contributed by atoms with Crippen LogP contribution in [0.2, 0.25) is 0 Å². The zero-order valence-electron chi connectivity index (χ0n) is 18.3. The van der Waals surface area contributed by atoms with Crippen LogP contribution in [-0.4, -0.2) is 31.7 Å². The van der Waals surface area contributed by atoms with Crippen molar-refractivity contribution in [2.75, 3.05) is 7.11 Å². The van der Waals surface area contributed by atoms with E-state index in [1.807, 2.05) is 0 Å². The van der Waals surface area contributed by atoms with E-state index in [2.05, 4.69) is 14.9 Å². The van der Waals surface area contributed by atoms with Gasteiger partial charge in [-0.2, -0.15) is 0 Å². The summed E-state index contributed by atoms with van der Waals surface area (Å²) in [5, 5.41) is 7.94. The second-order valence-electron chi connectivity index (χ2n) is 7.15. The number of hydrogen-bond donors (Lipinski definition) is 1. The van der Waals surface area contributed by atoms with Crippen LogP contribution in [0.15, 0.2) is 80.7 Å². The molecule has 2 aromatic heterocycles. The monoisotopic (exact) mass is 483 g/mol. The van der Waals surface area contributed by atoms with Gasteiger partial charge in [-0.3, -0.25) is 0 Å². The van der Waals surface area contributed by atoms with E-state index in [1.165, 1.54) is 30.5 Å². The number of carbonyl (C=O) groups is 1. The molecule has 1 N–H and O–H groups in total. The van der Waals surface area contributed by atoms with Gasteiger partial charge in [-0.05, 0) is 67.6 Å². The summed E-state index contributed by atoms with van der Waals surface area (Å²) >= 11 is 0. The molecule has 176 valence electrons. The first kappa shape index (κ1) is 23.2. The van der Waals surface area contributed by atoms with Crippen molar-refractivity contribution < 1.29 is 31.5 Å². The Morgan fingerprint density at radius 1 is 1.06 bits per heavy atom. The number of nitrogens with one attached hydrogen (secondary N) is 1. The maximum atomic E-state index is 12.5. The number of ether oxygens (including phenoxy) is 2. The lowest BCUT2D eigenvalue weighted by Crippen LogP contribution is -2.23. The maximum absolute atomic E-state index is 12.5. The minimum atomic E-state index is -3.78. The highest BCUT2D eigenvalue weighted by atomic mass is 32.2. The van der Waals surface area contributed by atoms with Gasteiger partial charge in [0.05, 0.1) is 30.4 Å². The molecule has 0 saturated carbocycles. The number of furan rings is 1. The first-order valence-electron chi connectivity index (χ1n) is 10.2. The van der Waals surface area contributed by atoms with Gasteiger partial charge in [0.25, 0.3) is 5.89 Å². The molecule has 0 aliphatic heterocycles. The molecular weight excluding hydrogens is 462 g/mol. The normalized spacial score (nSPS) is 12.3. The molecule has 2 aromatic carbocycles. The molecule has 0 radical (unpaired) electrons. The van der Waals surface area contributed by atoms with Gasteiger partial charge in [-0.15, -0.1) is 10.2 Å². The van der Waals surface area contributed by atoms with Gasteiger partial charge >= 0.3 is 5.97 Å². The number of aromatic nitrogens is 2. The molecule has 2 heterocycles. The van der Waals surface area contributed by atoms with Crippen molar-refractivity contribution >= 4 is 16.0 Å². The summed E-state index contributed by atoms with van der Waals surface area (Å²) in [6.45, 7) is 1.61. The van der Waals surface area contributed by atoms with Crippen LogP contribution in [0.4, 0.5) is 0 Å². The van der Waals surface area contributed by atoms with E-state index in [4.69, 9.17) is 18.3 Å². The van der Waals surface area contributed by atoms with Gasteiger partial charge in [-0.1, -0.05) is 0 Å². The van der Waals surface area contributed by atoms with Gasteiger partial charge in [0.2, 0.25) is 15.9 Å². The van der Waals surface area contributed by atoms with Gasteiger partial charge < -0.3 is 18.3 Å². The second-order valence-corrected chi connectivity index (χ2v) is 8.92. The molecule has 0 bridgehead atoms. The predicted molar refractivity (Wildman–Crippen MR) is 119 cm³/mol. The van der Waals surface area contributed by atoms with Crippen LogP contribution in [0.25, 0.3) is 11.5 Å². The van der Waals surface area contributed by atoms with Crippen molar-refractivity contribution in [1.29, 1.82) is 0 Å². The van der Waals surface area contributed by atoms with E-state index in [0.717, 1.165) is 0 Å². The number of carbonyl (C=O) groups excluding carboxylic acids is 1. The third-order valence-corrected chi connectivity index (χ3v) is 6.24. The van der Waals surface area contributed by atoms with E-state index >= 15 is 0 Å². The molecule has 4 aromatic rings. The Kier molecular flexibility index (Phi) is 6.75. The summed E-state index contributed by atoms with van der Waals surface area (Å²) in [6.07, 6.45) is 0.643. The van der Waals surface area contributed by atoms with Crippen molar-refractivity contribution in [2.45, 2.75) is 24.5 Å². The summed E-state index contributed by atoms with van der Waals surface area (Å²) in [6, 6.07) is 15.8. The van der Waals surface area contributed by atoms with E-state index in [1.54, 1.807) is 50.4 Å². The first-order valence-corrected chi connectivity index (χ1v) is 11.6. The zero-order chi connectivity index (χ0) is 24.1. The predicted octanol–water partition coefficient (Wildman–Crippen LogP) is 3.73. The van der Waals surface area contributed by atoms with Crippen LogP contribution in [0.3, 0.4) is 0 Å². The van der Waals surface area contributed by atoms with Crippen LogP contribution >= 0.6 is 0 Å². The quantitative estimate of drug-likeness (QED) is 0.353. The highest BCUT2D eigenvalue weighted by Crippen LogP contribution is 2.25. The summed E-state index contributed by atoms with van der Waals surface area (Å²) < 4.78 is 48.5. The topological polar surface area (TPSA) is 134 Å². The Bertz CT molecular complexity index is 1350. The van der Waals surface area contributed by atoms with Crippen LogP contribution in [-0.2, 0) is 21.3 Å². The van der Waals surface area contributed by atoms with E-state index in [-0.39, 0.29) is 28.8 Å². The number of sulfonamides is 1. The molecule has 34 heavy (non-hydrogen) atoms. The molecule has 0 aliphatic carbocycles. The molecule has 0 fully saturated rings. The molecule has 4 rings (SSSR count). The highest BCUT2D eigenvalue weighted by Gasteiger charge is 2.21. The van der Waals surface area contributed by atoms with Crippen molar-refractivity contribution in [3.05, 3.63) is 84.1 Å². The van der Waals surface area contributed by atoms with Gasteiger partial charge in [0, 0.05) is 5.56 Å². The average molecular weight is 484 g/mol. The molecular formula is C23H21N3O7S. The number of methoxy groups -OCH3 is 1. The van der Waals surface area contributed by atoms with Gasteiger partial charge in [0.15, 0.2) is 6.10 Å². The van der Waals surface area contributed by atoms with Crippen molar-refractivity contribution in [3.8, 4) is 17.2 Å². The van der Waals surface area contributed by atoms with Gasteiger partial charge in [0.1, 0.15) is 11.5 Å². The number of esters is 1. The fourth-order valence-electron chi connectivity index (χ4n) is 2.96. The Labute approximate surface area is 195 Å². The number of nitrogens with zero attached hydrogens (tertiary/aromatic N) is 2. The highest BCUT2D eigenvalue weighted by molar-refractivity contribution is 7.89. The van der Waals surface area contributed by atoms with Crippen LogP contribution in [0.5, 0.6) is 5.75 Å². The minimum Gasteiger partial charge on any atom is -0.497 e. The lowest BCUT2D eigenvalue weighted by Gasteiger charge is -2.10. The molecule has 0 aliphatic rings. The summed E-state index contributed by atoms with van der Waals surface area (Å²) in [5.74, 6) is 0.911. The second kappa shape index (κ2) is 9.89. The fraction of sp³-hybridized carbons (Fsp3) is 0.174. The average Bonchev–Trinajstić information content (AvgIpc) is 3.55. The molecule has 10 nitrogen and oxygen atoms in total. The first-order chi connectivity index (χ1) is 16.4. The van der Waals surface area contributed by atoms with Gasteiger partial charge in [-0.25, -0.2) is 17.9 Å². The Hall–Kier alpha value is -3.96. The van der Waals surface area contributed by atoms with E-state index < -0.39 is 22.1 Å². The molecule has 0 saturated heterocycles. The molecule has 0 amide bonds. The Morgan fingerprint density at radius 2 is 1.79 bits per heavy atom. The standard InChI is InChI=1S/C23H21N3O7S/c1-15(21-25-26-22(33-21)16-5-9-18(30-2)10-6-16)32-23(27)17-7-11-20(12-8-17)34(28,29)24-14-19-4-3-13-31-19/h3-13,15,24H,14H2,1-2H3. The van der Waals surface area contributed by atoms with Crippen molar-refractivity contribution in [3.63, 3.8) is 0 Å². The summed E-state index contributed by atoms with van der Waals surface area (Å²) in [4.78, 5) is 12.5. The largest absolute Gasteiger partial charge is 0.497 e. The lowest BCUT2D eigenvalue weighted by molar-refractivity contribution is 0.0279. The van der Waals surface area contributed by atoms with E-state index in [9.17, 15) is 13.2 Å². The molecule has 1 unspecified atom stereocenters. The zero-order valence-corrected chi connectivity index (χ0v) is 19.1. The van der Waals surface area contributed by atoms with Crippen LogP contribution < -0.4 is 9.46 Å². The minimum absolute atomic E-state index is 0.00434. The third kappa shape index (κ3) is 5.33. The van der Waals surface area contributed by atoms with Crippen molar-refractivity contribution in [1.82, 2.24) is 14.9 Å². The smallest absolute Gasteiger partial charge is 0.338 e. The number of hydrogen-bond acceptors (Lipinski definition) is 9. The fourth-order valence-corrected chi connectivity index (χ4v) is 3.95. The SMILES string of the molecule is COc1ccc(-c2nnc(C(C)OC(=O)c3ccc(S(=O)(=O)NCc4ccco4)cc3)o2)cc1. The van der Waals surface area contributed by atoms with E-state index in [0.29, 0.717) is 17.1 Å². The number of rotatable bonds is 9.